The van der Waals surface area contributed by atoms with Crippen LogP contribution in [0.3, 0.4) is 0 Å². The number of ketones is 2. The van der Waals surface area contributed by atoms with Crippen LogP contribution < -0.4 is 10.6 Å². The van der Waals surface area contributed by atoms with Crippen LogP contribution in [0.5, 0.6) is 0 Å². The minimum absolute atomic E-state index is 0.0872. The highest BCUT2D eigenvalue weighted by molar-refractivity contribution is 6.31. The molecule has 0 aliphatic heterocycles. The zero-order valence-electron chi connectivity index (χ0n) is 17.0. The molecule has 1 aliphatic rings. The quantitative estimate of drug-likeness (QED) is 0.550. The third-order valence-corrected chi connectivity index (χ3v) is 5.19. The van der Waals surface area contributed by atoms with Crippen LogP contribution in [-0.2, 0) is 0 Å². The second kappa shape index (κ2) is 9.02. The predicted octanol–water partition coefficient (Wildman–Crippen LogP) is 4.04. The van der Waals surface area contributed by atoms with Gasteiger partial charge in [0.2, 0.25) is 0 Å². The van der Waals surface area contributed by atoms with Gasteiger partial charge in [-0.05, 0) is 45.6 Å². The predicted molar refractivity (Wildman–Crippen MR) is 115 cm³/mol. The Balaban J connectivity index is 1.76. The molecule has 0 unspecified atom stereocenters. The molecule has 0 saturated carbocycles. The van der Waals surface area contributed by atoms with Gasteiger partial charge in [0.1, 0.15) is 0 Å². The summed E-state index contributed by atoms with van der Waals surface area (Å²) in [5, 5.41) is 6.45. The highest BCUT2D eigenvalue weighted by Gasteiger charge is 2.33. The molecule has 2 aromatic carbocycles. The van der Waals surface area contributed by atoms with Gasteiger partial charge in [-0.25, -0.2) is 0 Å². The summed E-state index contributed by atoms with van der Waals surface area (Å²) in [5.74, 6) is -0.183. The fourth-order valence-corrected chi connectivity index (χ4v) is 3.71. The first kappa shape index (κ1) is 20.1. The molecule has 0 amide bonds. The summed E-state index contributed by atoms with van der Waals surface area (Å²) in [6.45, 7) is 1.90. The molecule has 1 aliphatic carbocycles. The maximum Gasteiger partial charge on any atom is 0.196 e. The average Bonchev–Trinajstić information content (AvgIpc) is 2.70. The molecule has 2 N–H and O–H groups in total. The minimum atomic E-state index is -0.0955. The number of nitrogens with zero attached hydrogens (tertiary/aromatic N) is 1. The van der Waals surface area contributed by atoms with E-state index in [9.17, 15) is 9.59 Å². The van der Waals surface area contributed by atoms with E-state index in [4.69, 9.17) is 0 Å². The van der Waals surface area contributed by atoms with E-state index in [1.807, 2.05) is 12.1 Å². The summed E-state index contributed by atoms with van der Waals surface area (Å²) >= 11 is 0. The van der Waals surface area contributed by atoms with Crippen LogP contribution in [0.4, 0.5) is 11.4 Å². The fraction of sp³-hybridized carbons (Fsp3) is 0.391. The Hall–Kier alpha value is -2.66. The van der Waals surface area contributed by atoms with Crippen LogP contribution in [0, 0.1) is 0 Å². The van der Waals surface area contributed by atoms with E-state index < -0.39 is 0 Å². The molecule has 0 spiro atoms. The lowest BCUT2D eigenvalue weighted by molar-refractivity contribution is 0.0980. The Kier molecular flexibility index (Phi) is 6.47. The van der Waals surface area contributed by atoms with Gasteiger partial charge in [0.25, 0.3) is 0 Å². The smallest absolute Gasteiger partial charge is 0.196 e. The van der Waals surface area contributed by atoms with Crippen molar-refractivity contribution in [2.24, 2.45) is 0 Å². The second-order valence-corrected chi connectivity index (χ2v) is 7.51. The van der Waals surface area contributed by atoms with E-state index in [1.165, 1.54) is 12.8 Å². The highest BCUT2D eigenvalue weighted by Crippen LogP contribution is 2.36. The van der Waals surface area contributed by atoms with Gasteiger partial charge >= 0.3 is 0 Å². The Morgan fingerprint density at radius 3 is 1.96 bits per heavy atom. The molecule has 28 heavy (non-hydrogen) atoms. The normalized spacial score (nSPS) is 12.7. The van der Waals surface area contributed by atoms with E-state index in [0.29, 0.717) is 27.9 Å². The zero-order chi connectivity index (χ0) is 20.1. The van der Waals surface area contributed by atoms with Crippen LogP contribution in [0.2, 0.25) is 0 Å². The van der Waals surface area contributed by atoms with Crippen LogP contribution >= 0.6 is 0 Å². The second-order valence-electron chi connectivity index (χ2n) is 7.51. The summed E-state index contributed by atoms with van der Waals surface area (Å²) in [6, 6.07) is 10.8. The van der Waals surface area contributed by atoms with Gasteiger partial charge in [0.05, 0.1) is 11.1 Å². The number of rotatable bonds is 9. The molecule has 0 aromatic heterocycles. The number of anilines is 2. The lowest BCUT2D eigenvalue weighted by Gasteiger charge is -2.23. The molecule has 0 atom stereocenters. The van der Waals surface area contributed by atoms with Crippen LogP contribution in [-0.4, -0.2) is 50.7 Å². The van der Waals surface area contributed by atoms with Gasteiger partial charge < -0.3 is 15.5 Å². The minimum Gasteiger partial charge on any atom is -0.388 e. The maximum atomic E-state index is 13.2. The number of carbonyl (C=O) groups excluding carboxylic acids is 2. The van der Waals surface area contributed by atoms with Gasteiger partial charge in [-0.2, -0.15) is 0 Å². The Labute approximate surface area is 167 Å². The number of hydrogen-bond acceptors (Lipinski definition) is 5. The van der Waals surface area contributed by atoms with Crippen LogP contribution in [0.25, 0.3) is 0 Å². The average molecular weight is 380 g/mol. The van der Waals surface area contributed by atoms with Gasteiger partial charge in [0.15, 0.2) is 11.6 Å². The molecule has 2 aromatic rings. The summed E-state index contributed by atoms with van der Waals surface area (Å²) in [7, 11) is 5.96. The van der Waals surface area contributed by atoms with E-state index in [0.717, 1.165) is 31.6 Å². The topological polar surface area (TPSA) is 61.4 Å². The van der Waals surface area contributed by atoms with Gasteiger partial charge in [-0.3, -0.25) is 9.59 Å². The molecular weight excluding hydrogens is 350 g/mol. The first-order chi connectivity index (χ1) is 13.5. The molecule has 0 saturated heterocycles. The first-order valence-electron chi connectivity index (χ1n) is 9.96. The number of hydrogen-bond donors (Lipinski definition) is 2. The van der Waals surface area contributed by atoms with Gasteiger partial charge in [-0.1, -0.05) is 37.1 Å². The van der Waals surface area contributed by atoms with Crippen molar-refractivity contribution in [3.8, 4) is 0 Å². The summed E-state index contributed by atoms with van der Waals surface area (Å²) in [6.07, 6.45) is 4.58. The molecule has 0 radical (unpaired) electrons. The number of benzene rings is 2. The summed E-state index contributed by atoms with van der Waals surface area (Å²) in [5.41, 5.74) is 3.37. The van der Waals surface area contributed by atoms with Gasteiger partial charge in [-0.15, -0.1) is 0 Å². The monoisotopic (exact) mass is 379 g/mol. The van der Waals surface area contributed by atoms with Crippen molar-refractivity contribution in [1.82, 2.24) is 4.90 Å². The molecule has 3 rings (SSSR count). The Morgan fingerprint density at radius 2 is 1.36 bits per heavy atom. The van der Waals surface area contributed by atoms with Crippen molar-refractivity contribution in [3.63, 3.8) is 0 Å². The van der Waals surface area contributed by atoms with Crippen LogP contribution in [0.15, 0.2) is 36.4 Å². The molecule has 0 fully saturated rings. The van der Waals surface area contributed by atoms with Crippen LogP contribution in [0.1, 0.15) is 57.5 Å². The zero-order valence-corrected chi connectivity index (χ0v) is 17.0. The van der Waals surface area contributed by atoms with E-state index in [-0.39, 0.29) is 11.6 Å². The Bertz CT molecular complexity index is 874. The van der Waals surface area contributed by atoms with Crippen molar-refractivity contribution in [3.05, 3.63) is 58.7 Å². The lowest BCUT2D eigenvalue weighted by atomic mass is 9.82. The third kappa shape index (κ3) is 4.09. The summed E-state index contributed by atoms with van der Waals surface area (Å²) in [4.78, 5) is 28.4. The number of fused-ring (bicyclic) bond motifs is 2. The van der Waals surface area contributed by atoms with E-state index >= 15 is 0 Å². The maximum absolute atomic E-state index is 13.2. The molecule has 0 bridgehead atoms. The standard InChI is InChI=1S/C23H29N3O2/c1-24-18-12-13-19(25-14-8-4-5-9-15-26(2)3)21-20(18)22(27)16-10-6-7-11-17(16)23(21)28/h6-7,10-13,24-25H,4-5,8-9,14-15H2,1-3H3. The molecule has 5 nitrogen and oxygen atoms in total. The Morgan fingerprint density at radius 1 is 0.786 bits per heavy atom. The molecule has 5 heteroatoms. The summed E-state index contributed by atoms with van der Waals surface area (Å²) < 4.78 is 0. The fourth-order valence-electron chi connectivity index (χ4n) is 3.71. The van der Waals surface area contributed by atoms with Crippen molar-refractivity contribution in [1.29, 1.82) is 0 Å². The molecular formula is C23H29N3O2. The highest BCUT2D eigenvalue weighted by atomic mass is 16.1. The lowest BCUT2D eigenvalue weighted by Crippen LogP contribution is -2.24. The number of carbonyl (C=O) groups is 2. The van der Waals surface area contributed by atoms with Crippen molar-refractivity contribution >= 4 is 22.9 Å². The van der Waals surface area contributed by atoms with Crippen molar-refractivity contribution in [2.75, 3.05) is 44.9 Å². The van der Waals surface area contributed by atoms with Crippen molar-refractivity contribution < 1.29 is 9.59 Å². The number of unbranched alkanes of at least 4 members (excludes halogenated alkanes) is 3. The van der Waals surface area contributed by atoms with Crippen molar-refractivity contribution in [2.45, 2.75) is 25.7 Å². The number of nitrogens with one attached hydrogen (secondary N) is 2. The van der Waals surface area contributed by atoms with Gasteiger partial charge in [0, 0.05) is 36.1 Å². The molecule has 0 heterocycles. The van der Waals surface area contributed by atoms with E-state index in [2.05, 4.69) is 29.6 Å². The SMILES string of the molecule is CNc1ccc(NCCCCCCN(C)C)c2c1C(=O)c1ccccc1C2=O. The molecule has 148 valence electrons. The third-order valence-electron chi connectivity index (χ3n) is 5.19. The van der Waals surface area contributed by atoms with E-state index in [1.54, 1.807) is 31.3 Å². The first-order valence-corrected chi connectivity index (χ1v) is 9.96. The largest absolute Gasteiger partial charge is 0.388 e.